The van der Waals surface area contributed by atoms with Crippen molar-refractivity contribution in [3.05, 3.63) is 12.7 Å². The third kappa shape index (κ3) is 8.54. The molecule has 176 valence electrons. The molecule has 0 heterocycles. The van der Waals surface area contributed by atoms with Crippen molar-refractivity contribution in [3.8, 4) is 0 Å². The van der Waals surface area contributed by atoms with Crippen LogP contribution >= 0.6 is 0 Å². The molecule has 0 saturated heterocycles. The van der Waals surface area contributed by atoms with E-state index in [9.17, 15) is 14.7 Å². The SMILES string of the molecule is C=C[C@@H]([C@@H](O)C[C@@H](C)[C@@H](C)[C@@H](C(=O)NC(C)(C)C)N(C)C(=O)C(C)(C)C)[Si](C)(C)C. The van der Waals surface area contributed by atoms with Crippen LogP contribution in [0.2, 0.25) is 25.2 Å². The first-order chi connectivity index (χ1) is 13.2. The summed E-state index contributed by atoms with van der Waals surface area (Å²) in [5.74, 6) is -0.292. The van der Waals surface area contributed by atoms with Crippen LogP contribution in [0.1, 0.15) is 61.8 Å². The fourth-order valence-corrected chi connectivity index (χ4v) is 6.00. The number of rotatable bonds is 9. The minimum atomic E-state index is -1.61. The Kier molecular flexibility index (Phi) is 10.0. The first kappa shape index (κ1) is 28.9. The summed E-state index contributed by atoms with van der Waals surface area (Å²) in [4.78, 5) is 27.8. The summed E-state index contributed by atoms with van der Waals surface area (Å²) in [5, 5.41) is 14.0. The Labute approximate surface area is 186 Å². The number of hydrogen-bond donors (Lipinski definition) is 2. The van der Waals surface area contributed by atoms with Gasteiger partial charge in [-0.15, -0.1) is 6.58 Å². The Morgan fingerprint density at radius 1 is 1.10 bits per heavy atom. The Hall–Kier alpha value is -1.14. The van der Waals surface area contributed by atoms with E-state index in [1.807, 2.05) is 54.5 Å². The molecule has 0 unspecified atom stereocenters. The Balaban J connectivity index is 5.80. The molecule has 5 atom stereocenters. The quantitative estimate of drug-likeness (QED) is 0.403. The van der Waals surface area contributed by atoms with E-state index in [1.165, 1.54) is 0 Å². The highest BCUT2D eigenvalue weighted by Crippen LogP contribution is 2.33. The molecule has 0 spiro atoms. The lowest BCUT2D eigenvalue weighted by Crippen LogP contribution is -2.57. The van der Waals surface area contributed by atoms with Crippen LogP contribution in [0.5, 0.6) is 0 Å². The van der Waals surface area contributed by atoms with E-state index < -0.39 is 31.2 Å². The van der Waals surface area contributed by atoms with Crippen molar-refractivity contribution < 1.29 is 14.7 Å². The molecule has 6 heteroatoms. The molecule has 0 aliphatic carbocycles. The van der Waals surface area contributed by atoms with Crippen molar-refractivity contribution >= 4 is 19.9 Å². The number of carbonyl (C=O) groups excluding carboxylic acids is 2. The molecule has 0 aliphatic rings. The molecule has 5 nitrogen and oxygen atoms in total. The van der Waals surface area contributed by atoms with Gasteiger partial charge in [0, 0.05) is 18.0 Å². The number of nitrogens with one attached hydrogen (secondary N) is 1. The molecule has 0 aliphatic heterocycles. The van der Waals surface area contributed by atoms with E-state index in [4.69, 9.17) is 0 Å². The lowest BCUT2D eigenvalue weighted by Gasteiger charge is -2.40. The van der Waals surface area contributed by atoms with Gasteiger partial charge in [-0.2, -0.15) is 0 Å². The number of carbonyl (C=O) groups is 2. The molecule has 0 aromatic rings. The predicted octanol–water partition coefficient (Wildman–Crippen LogP) is 4.69. The highest BCUT2D eigenvalue weighted by molar-refractivity contribution is 6.78. The number of aliphatic hydroxyl groups is 1. The minimum absolute atomic E-state index is 0.0461. The second kappa shape index (κ2) is 10.4. The van der Waals surface area contributed by atoms with Crippen molar-refractivity contribution in [2.75, 3.05) is 7.05 Å². The average Bonchev–Trinajstić information content (AvgIpc) is 2.50. The van der Waals surface area contributed by atoms with Gasteiger partial charge >= 0.3 is 0 Å². The van der Waals surface area contributed by atoms with Gasteiger partial charge in [0.1, 0.15) is 6.04 Å². The van der Waals surface area contributed by atoms with Crippen molar-refractivity contribution in [2.24, 2.45) is 17.3 Å². The van der Waals surface area contributed by atoms with Crippen LogP contribution in [-0.2, 0) is 9.59 Å². The standard InChI is InChI=1S/C24H48N2O3Si/c1-14-19(30(11,12)13)18(27)15-16(2)17(3)20(21(28)25-24(7,8)9)26(10)22(29)23(4,5)6/h14,16-20,27H,1,15H2,2-13H3,(H,25,28)/t16-,17-,18+,19+,20+/m1/s1. The largest absolute Gasteiger partial charge is 0.393 e. The van der Waals surface area contributed by atoms with E-state index in [-0.39, 0.29) is 29.2 Å². The van der Waals surface area contributed by atoms with Crippen LogP contribution in [-0.4, -0.2) is 54.6 Å². The Morgan fingerprint density at radius 3 is 1.90 bits per heavy atom. The lowest BCUT2D eigenvalue weighted by molar-refractivity contribution is -0.148. The number of aliphatic hydroxyl groups excluding tert-OH is 1. The molecule has 30 heavy (non-hydrogen) atoms. The summed E-state index contributed by atoms with van der Waals surface area (Å²) in [7, 11) is 0.108. The van der Waals surface area contributed by atoms with Crippen LogP contribution in [0.4, 0.5) is 0 Å². The number of amides is 2. The van der Waals surface area contributed by atoms with Crippen LogP contribution in [0, 0.1) is 17.3 Å². The summed E-state index contributed by atoms with van der Waals surface area (Å²) < 4.78 is 0. The van der Waals surface area contributed by atoms with Crippen LogP contribution in [0.25, 0.3) is 0 Å². The van der Waals surface area contributed by atoms with Crippen molar-refractivity contribution in [3.63, 3.8) is 0 Å². The fraction of sp³-hybridized carbons (Fsp3) is 0.833. The van der Waals surface area contributed by atoms with Crippen LogP contribution < -0.4 is 5.32 Å². The number of hydrogen-bond acceptors (Lipinski definition) is 3. The molecule has 2 amide bonds. The molecule has 2 N–H and O–H groups in total. The van der Waals surface area contributed by atoms with Crippen LogP contribution in [0.15, 0.2) is 12.7 Å². The summed E-state index contributed by atoms with van der Waals surface area (Å²) in [6, 6.07) is -0.604. The zero-order chi connectivity index (χ0) is 24.2. The predicted molar refractivity (Wildman–Crippen MR) is 130 cm³/mol. The number of likely N-dealkylation sites (N-methyl/N-ethyl adjacent to an activating group) is 1. The molecular formula is C24H48N2O3Si. The van der Waals surface area contributed by atoms with Gasteiger partial charge in [0.2, 0.25) is 11.8 Å². The fourth-order valence-electron chi connectivity index (χ4n) is 4.01. The van der Waals surface area contributed by atoms with Gasteiger partial charge in [-0.1, -0.05) is 60.3 Å². The van der Waals surface area contributed by atoms with Crippen molar-refractivity contribution in [1.82, 2.24) is 10.2 Å². The smallest absolute Gasteiger partial charge is 0.243 e. The maximum Gasteiger partial charge on any atom is 0.243 e. The number of nitrogens with zero attached hydrogens (tertiary/aromatic N) is 1. The van der Waals surface area contributed by atoms with Gasteiger partial charge < -0.3 is 15.3 Å². The van der Waals surface area contributed by atoms with E-state index >= 15 is 0 Å². The third-order valence-electron chi connectivity index (χ3n) is 5.82. The van der Waals surface area contributed by atoms with Crippen molar-refractivity contribution in [2.45, 2.75) is 105 Å². The van der Waals surface area contributed by atoms with Gasteiger partial charge in [-0.3, -0.25) is 9.59 Å². The molecule has 0 radical (unpaired) electrons. The van der Waals surface area contributed by atoms with Gasteiger partial charge in [0.05, 0.1) is 14.2 Å². The van der Waals surface area contributed by atoms with Gasteiger partial charge in [0.15, 0.2) is 0 Å². The van der Waals surface area contributed by atoms with Crippen LogP contribution in [0.3, 0.4) is 0 Å². The molecule has 0 fully saturated rings. The third-order valence-corrected chi connectivity index (χ3v) is 8.44. The molecule has 0 saturated carbocycles. The Bertz CT molecular complexity index is 599. The van der Waals surface area contributed by atoms with Gasteiger partial charge in [-0.25, -0.2) is 0 Å². The van der Waals surface area contributed by atoms with E-state index in [2.05, 4.69) is 38.5 Å². The normalized spacial score (nSPS) is 18.0. The molecule has 0 aromatic heterocycles. The zero-order valence-corrected chi connectivity index (χ0v) is 22.6. The molecule has 0 bridgehead atoms. The highest BCUT2D eigenvalue weighted by Gasteiger charge is 2.40. The summed E-state index contributed by atoms with van der Waals surface area (Å²) in [6.07, 6.45) is 1.95. The maximum atomic E-state index is 13.2. The maximum absolute atomic E-state index is 13.2. The highest BCUT2D eigenvalue weighted by atomic mass is 28.3. The summed E-state index contributed by atoms with van der Waals surface area (Å²) >= 11 is 0. The summed E-state index contributed by atoms with van der Waals surface area (Å²) in [6.45, 7) is 26.1. The molecule has 0 rings (SSSR count). The van der Waals surface area contributed by atoms with Gasteiger partial charge in [-0.05, 0) is 44.6 Å². The van der Waals surface area contributed by atoms with Crippen molar-refractivity contribution in [1.29, 1.82) is 0 Å². The summed E-state index contributed by atoms with van der Waals surface area (Å²) in [5.41, 5.74) is -0.888. The molecule has 0 aromatic carbocycles. The lowest BCUT2D eigenvalue weighted by atomic mass is 9.82. The van der Waals surface area contributed by atoms with Gasteiger partial charge in [0.25, 0.3) is 0 Å². The van der Waals surface area contributed by atoms with E-state index in [0.29, 0.717) is 6.42 Å². The molecular weight excluding hydrogens is 392 g/mol. The van der Waals surface area contributed by atoms with E-state index in [0.717, 1.165) is 0 Å². The topological polar surface area (TPSA) is 69.6 Å². The Morgan fingerprint density at radius 2 is 1.57 bits per heavy atom. The second-order valence-corrected chi connectivity index (χ2v) is 17.5. The first-order valence-corrected chi connectivity index (χ1v) is 14.7. The van der Waals surface area contributed by atoms with E-state index in [1.54, 1.807) is 11.9 Å². The minimum Gasteiger partial charge on any atom is -0.393 e. The monoisotopic (exact) mass is 440 g/mol. The average molecular weight is 441 g/mol. The second-order valence-electron chi connectivity index (χ2n) is 12.1. The first-order valence-electron chi connectivity index (χ1n) is 11.1. The zero-order valence-electron chi connectivity index (χ0n) is 21.6.